The van der Waals surface area contributed by atoms with Gasteiger partial charge in [-0.1, -0.05) is 274 Å². The van der Waals surface area contributed by atoms with Crippen LogP contribution >= 0.6 is 13.5 Å². The van der Waals surface area contributed by atoms with E-state index in [1.165, 1.54) is 205 Å². The molecule has 4 N–H and O–H groups in total. The number of ether oxygens (including phenoxy) is 2. The van der Waals surface area contributed by atoms with Crippen LogP contribution in [0.5, 0.6) is 0 Å². The summed E-state index contributed by atoms with van der Waals surface area (Å²) in [4.78, 5) is 0. The van der Waals surface area contributed by atoms with Gasteiger partial charge in [0.1, 0.15) is 0 Å². The predicted octanol–water partition coefficient (Wildman–Crippen LogP) is 18.3. The minimum atomic E-state index is 0. The van der Waals surface area contributed by atoms with Gasteiger partial charge in [-0.05, 0) is 38.0 Å². The lowest BCUT2D eigenvalue weighted by molar-refractivity contribution is 0.00611. The van der Waals surface area contributed by atoms with E-state index in [0.717, 1.165) is 51.5 Å². The van der Waals surface area contributed by atoms with E-state index in [1.807, 2.05) is 20.8 Å². The Labute approximate surface area is 407 Å². The highest BCUT2D eigenvalue weighted by Crippen LogP contribution is 2.17. The van der Waals surface area contributed by atoms with Gasteiger partial charge >= 0.3 is 0 Å². The monoisotopic (exact) mass is 924 g/mol. The third kappa shape index (κ3) is 73.6. The van der Waals surface area contributed by atoms with Crippen molar-refractivity contribution in [3.05, 3.63) is 12.2 Å². The van der Waals surface area contributed by atoms with E-state index in [2.05, 4.69) is 52.3 Å². The second kappa shape index (κ2) is 73.4. The third-order valence-corrected chi connectivity index (χ3v) is 11.7. The number of nitrogens with one attached hydrogen (secondary N) is 1. The largest absolute Gasteiger partial charge is 0.396 e. The van der Waals surface area contributed by atoms with Crippen molar-refractivity contribution in [2.45, 2.75) is 300 Å². The average Bonchev–Trinajstić information content (AvgIpc) is 3.29. The van der Waals surface area contributed by atoms with Crippen molar-refractivity contribution in [3.63, 3.8) is 0 Å². The smallest absolute Gasteiger partial charge is 0.0803 e. The lowest BCUT2D eigenvalue weighted by Crippen LogP contribution is -2.24. The fourth-order valence-corrected chi connectivity index (χ4v) is 7.22. The molecule has 0 radical (unpaired) electrons. The summed E-state index contributed by atoms with van der Waals surface area (Å²) >= 11 is 0. The van der Waals surface area contributed by atoms with Crippen LogP contribution in [-0.4, -0.2) is 61.1 Å². The highest BCUT2D eigenvalue weighted by molar-refractivity contribution is 7.59. The molecule has 0 saturated carbocycles. The molecule has 0 spiro atoms. The zero-order valence-electron chi connectivity index (χ0n) is 43.7. The summed E-state index contributed by atoms with van der Waals surface area (Å²) in [5, 5.41) is 25.2. The first-order chi connectivity index (χ1) is 30.0. The molecule has 0 heterocycles. The van der Waals surface area contributed by atoms with Crippen LogP contribution in [0.1, 0.15) is 295 Å². The minimum absolute atomic E-state index is 0. The SMILES string of the molecule is C.CC.CCC(C)CCNO.CCCCCCCCCCCCCCCCCCOCC(C)[C@H](/C=C/CCO)OCCCCCCCCCCCCCCCCCC.CCCO.S.[HH]. The molecule has 0 amide bonds. The van der Waals surface area contributed by atoms with Gasteiger partial charge in [-0.3, -0.25) is 0 Å². The average molecular weight is 925 g/mol. The number of aliphatic hydroxyl groups is 2. The van der Waals surface area contributed by atoms with E-state index >= 15 is 0 Å². The quantitative estimate of drug-likeness (QED) is 0.0276. The first-order valence-electron chi connectivity index (χ1n) is 27.4. The Balaban J connectivity index is -0.000000330. The molecule has 0 rings (SSSR count). The summed E-state index contributed by atoms with van der Waals surface area (Å²) in [6.45, 7) is 20.8. The second-order valence-electron chi connectivity index (χ2n) is 17.9. The normalized spacial score (nSPS) is 12.2. The number of hydrogen-bond donors (Lipinski definition) is 4. The molecule has 0 bridgehead atoms. The van der Waals surface area contributed by atoms with Crippen molar-refractivity contribution < 1.29 is 26.3 Å². The summed E-state index contributed by atoms with van der Waals surface area (Å²) < 4.78 is 12.4. The van der Waals surface area contributed by atoms with Crippen LogP contribution in [0, 0.1) is 11.8 Å². The molecular formula is C56H125NO5S. The molecule has 0 aliphatic heterocycles. The van der Waals surface area contributed by atoms with Gasteiger partial charge in [0.15, 0.2) is 0 Å². The number of hydrogen-bond acceptors (Lipinski definition) is 6. The maximum absolute atomic E-state index is 9.21. The predicted molar refractivity (Wildman–Crippen MR) is 291 cm³/mol. The Hall–Kier alpha value is -0.150. The second-order valence-corrected chi connectivity index (χ2v) is 17.9. The Morgan fingerprint density at radius 1 is 0.508 bits per heavy atom. The summed E-state index contributed by atoms with van der Waals surface area (Å²) in [5.41, 5.74) is 2.13. The van der Waals surface area contributed by atoms with E-state index in [0.29, 0.717) is 18.9 Å². The van der Waals surface area contributed by atoms with Gasteiger partial charge < -0.3 is 24.9 Å². The van der Waals surface area contributed by atoms with Crippen LogP contribution in [0.2, 0.25) is 0 Å². The van der Waals surface area contributed by atoms with Crippen molar-refractivity contribution in [2.24, 2.45) is 11.8 Å². The molecule has 0 aromatic carbocycles. The highest BCUT2D eigenvalue weighted by Gasteiger charge is 2.15. The molecule has 0 aliphatic rings. The fraction of sp³-hybridized carbons (Fsp3) is 0.964. The van der Waals surface area contributed by atoms with Crippen LogP contribution in [0.15, 0.2) is 12.2 Å². The van der Waals surface area contributed by atoms with Crippen molar-refractivity contribution in [1.29, 1.82) is 0 Å². The molecule has 0 aromatic rings. The summed E-state index contributed by atoms with van der Waals surface area (Å²) in [7, 11) is 0. The van der Waals surface area contributed by atoms with Gasteiger partial charge in [-0.2, -0.15) is 13.5 Å². The lowest BCUT2D eigenvalue weighted by atomic mass is 10.0. The topological polar surface area (TPSA) is 91.2 Å². The molecule has 2 unspecified atom stereocenters. The van der Waals surface area contributed by atoms with Crippen molar-refractivity contribution in [3.8, 4) is 0 Å². The van der Waals surface area contributed by atoms with Crippen LogP contribution in [0.25, 0.3) is 0 Å². The number of rotatable bonds is 46. The zero-order valence-corrected chi connectivity index (χ0v) is 44.7. The summed E-state index contributed by atoms with van der Waals surface area (Å²) in [5.74, 6) is 1.07. The molecular weight excluding hydrogens is 799 g/mol. The molecule has 63 heavy (non-hydrogen) atoms. The number of hydroxylamine groups is 1. The maximum Gasteiger partial charge on any atom is 0.0803 e. The molecule has 0 aromatic heterocycles. The number of aliphatic hydroxyl groups excluding tert-OH is 2. The Morgan fingerprint density at radius 2 is 0.841 bits per heavy atom. The van der Waals surface area contributed by atoms with Crippen LogP contribution < -0.4 is 5.48 Å². The summed E-state index contributed by atoms with van der Waals surface area (Å²) in [6.07, 6.45) is 52.9. The first kappa shape index (κ1) is 74.4. The van der Waals surface area contributed by atoms with E-state index in [4.69, 9.17) is 19.8 Å². The molecule has 390 valence electrons. The van der Waals surface area contributed by atoms with E-state index in [1.54, 1.807) is 0 Å². The molecule has 0 saturated heterocycles. The first-order valence-corrected chi connectivity index (χ1v) is 27.4. The van der Waals surface area contributed by atoms with Crippen molar-refractivity contribution in [2.75, 3.05) is 39.6 Å². The standard InChI is InChI=1S/C44H88O3.C6H15NO.C3H8O.C2H6.CH4.H2S.H2/c1-4-6-8-10-12-14-16-18-20-22-24-26-28-30-32-36-40-46-42-43(3)44(38-34-35-39-45)47-41-37-33-31-29-27-25-23-21-19-17-15-13-11-9-7-5-2;1-3-6(2)4-5-7-8;1-2-3-4;1-2;;;/h34,38,43-45H,4-33,35-37,39-42H2,1-3H3;6-8H,3-5H2,1-2H3;4H,2-3H2,1H3;1-2H3;1H4;1H2;1H/b38-34+;;;;;;/t43?,44-;;;;;;/m0....../s1. The van der Waals surface area contributed by atoms with Gasteiger partial charge in [0, 0.05) is 40.3 Å². The Bertz CT molecular complexity index is 735. The minimum Gasteiger partial charge on any atom is -0.396 e. The lowest BCUT2D eigenvalue weighted by Gasteiger charge is -2.22. The van der Waals surface area contributed by atoms with E-state index in [-0.39, 0.29) is 35.1 Å². The van der Waals surface area contributed by atoms with Gasteiger partial charge in [0.05, 0.1) is 12.7 Å². The highest BCUT2D eigenvalue weighted by atomic mass is 32.1. The van der Waals surface area contributed by atoms with Crippen LogP contribution in [0.3, 0.4) is 0 Å². The molecule has 7 heteroatoms. The maximum atomic E-state index is 9.21. The zero-order chi connectivity index (χ0) is 46.0. The molecule has 3 atom stereocenters. The van der Waals surface area contributed by atoms with E-state index in [9.17, 15) is 5.11 Å². The molecule has 0 aliphatic carbocycles. The van der Waals surface area contributed by atoms with Gasteiger partial charge in [-0.25, -0.2) is 5.48 Å². The Morgan fingerprint density at radius 3 is 1.14 bits per heavy atom. The van der Waals surface area contributed by atoms with Crippen molar-refractivity contribution >= 4 is 13.5 Å². The third-order valence-electron chi connectivity index (χ3n) is 11.7. The number of unbranched alkanes of at least 4 members (excludes halogenated alkanes) is 30. The summed E-state index contributed by atoms with van der Waals surface area (Å²) in [6, 6.07) is 0. The van der Waals surface area contributed by atoms with Crippen molar-refractivity contribution in [1.82, 2.24) is 5.48 Å². The fourth-order valence-electron chi connectivity index (χ4n) is 7.22. The molecule has 0 fully saturated rings. The van der Waals surface area contributed by atoms with Gasteiger partial charge in [-0.15, -0.1) is 0 Å². The Kier molecular flexibility index (Phi) is 86.7. The van der Waals surface area contributed by atoms with Gasteiger partial charge in [0.2, 0.25) is 0 Å². The van der Waals surface area contributed by atoms with Crippen LogP contribution in [0.4, 0.5) is 0 Å². The molecule has 6 nitrogen and oxygen atoms in total. The van der Waals surface area contributed by atoms with Gasteiger partial charge in [0.25, 0.3) is 0 Å². The van der Waals surface area contributed by atoms with Crippen LogP contribution in [-0.2, 0) is 9.47 Å². The van der Waals surface area contributed by atoms with E-state index < -0.39 is 0 Å².